The van der Waals surface area contributed by atoms with E-state index in [2.05, 4.69) is 18.2 Å². The van der Waals surface area contributed by atoms with Gasteiger partial charge in [0.05, 0.1) is 0 Å². The molecule has 2 N–H and O–H groups in total. The van der Waals surface area contributed by atoms with E-state index < -0.39 is 0 Å². The molecule has 1 aliphatic carbocycles. The Hall–Kier alpha value is -1.93. The number of benzene rings is 2. The van der Waals surface area contributed by atoms with Crippen molar-refractivity contribution in [3.63, 3.8) is 0 Å². The molecule has 0 fully saturated rings. The lowest BCUT2D eigenvalue weighted by Crippen LogP contribution is -2.06. The van der Waals surface area contributed by atoms with E-state index in [0.29, 0.717) is 13.0 Å². The molecule has 0 radical (unpaired) electrons. The number of carbonyl (C=O) groups is 1. The Bertz CT molecular complexity index is 643. The van der Waals surface area contributed by atoms with E-state index >= 15 is 0 Å². The molecule has 2 aromatic carbocycles. The lowest BCUT2D eigenvalue weighted by molar-refractivity contribution is 0.0993. The van der Waals surface area contributed by atoms with Crippen LogP contribution in [-0.2, 0) is 25.7 Å². The van der Waals surface area contributed by atoms with Crippen LogP contribution in [0.5, 0.6) is 0 Å². The molecule has 0 unspecified atom stereocenters. The van der Waals surface area contributed by atoms with E-state index in [4.69, 9.17) is 5.73 Å². The first-order chi connectivity index (χ1) is 10.3. The van der Waals surface area contributed by atoms with Crippen molar-refractivity contribution in [2.24, 2.45) is 5.73 Å². The summed E-state index contributed by atoms with van der Waals surface area (Å²) in [4.78, 5) is 12.4. The van der Waals surface area contributed by atoms with Crippen LogP contribution in [0.15, 0.2) is 42.5 Å². The quantitative estimate of drug-likeness (QED) is 0.855. The number of hydrogen-bond acceptors (Lipinski definition) is 2. The second-order valence-corrected chi connectivity index (χ2v) is 5.79. The molecule has 2 nitrogen and oxygen atoms in total. The Morgan fingerprint density at radius 1 is 0.952 bits per heavy atom. The third-order valence-corrected chi connectivity index (χ3v) is 4.24. The van der Waals surface area contributed by atoms with E-state index in [1.54, 1.807) is 0 Å². The highest BCUT2D eigenvalue weighted by Crippen LogP contribution is 2.23. The Morgan fingerprint density at radius 2 is 1.67 bits per heavy atom. The minimum atomic E-state index is 0.187. The van der Waals surface area contributed by atoms with Crippen LogP contribution in [0.4, 0.5) is 0 Å². The molecule has 0 heterocycles. The smallest absolute Gasteiger partial charge is 0.167 e. The highest BCUT2D eigenvalue weighted by atomic mass is 16.1. The molecule has 0 bridgehead atoms. The molecule has 0 amide bonds. The van der Waals surface area contributed by atoms with Gasteiger partial charge in [0.2, 0.25) is 0 Å². The van der Waals surface area contributed by atoms with E-state index in [1.807, 2.05) is 24.3 Å². The van der Waals surface area contributed by atoms with Gasteiger partial charge in [-0.25, -0.2) is 0 Å². The summed E-state index contributed by atoms with van der Waals surface area (Å²) in [5.41, 5.74) is 11.5. The Labute approximate surface area is 126 Å². The number of carbonyl (C=O) groups excluding carboxylic acids is 1. The third-order valence-electron chi connectivity index (χ3n) is 4.24. The van der Waals surface area contributed by atoms with Crippen LogP contribution in [0.2, 0.25) is 0 Å². The van der Waals surface area contributed by atoms with Gasteiger partial charge in [0.1, 0.15) is 0 Å². The van der Waals surface area contributed by atoms with Gasteiger partial charge in [0, 0.05) is 12.0 Å². The number of hydrogen-bond donors (Lipinski definition) is 1. The van der Waals surface area contributed by atoms with Gasteiger partial charge >= 0.3 is 0 Å². The third kappa shape index (κ3) is 3.22. The standard InChI is InChI=1S/C19H21NO/c20-11-10-14-4-8-17(9-5-14)19(21)13-15-6-7-16-2-1-3-18(16)12-15/h4-9,12H,1-3,10-11,13,20H2. The predicted octanol–water partition coefficient (Wildman–Crippen LogP) is 3.10. The fraction of sp³-hybridized carbons (Fsp3) is 0.316. The summed E-state index contributed by atoms with van der Waals surface area (Å²) in [5.74, 6) is 0.187. The summed E-state index contributed by atoms with van der Waals surface area (Å²) < 4.78 is 0. The summed E-state index contributed by atoms with van der Waals surface area (Å²) in [5, 5.41) is 0. The average Bonchev–Trinajstić information content (AvgIpc) is 2.96. The van der Waals surface area contributed by atoms with Crippen LogP contribution in [0, 0.1) is 0 Å². The number of Topliss-reactive ketones (excluding diaryl/α,β-unsaturated/α-hetero) is 1. The van der Waals surface area contributed by atoms with Gasteiger partial charge in [-0.1, -0.05) is 42.5 Å². The van der Waals surface area contributed by atoms with Crippen molar-refractivity contribution < 1.29 is 4.79 Å². The second-order valence-electron chi connectivity index (χ2n) is 5.79. The lowest BCUT2D eigenvalue weighted by atomic mass is 9.98. The maximum atomic E-state index is 12.4. The molecule has 0 aromatic heterocycles. The fourth-order valence-electron chi connectivity index (χ4n) is 3.05. The van der Waals surface area contributed by atoms with Gasteiger partial charge in [-0.15, -0.1) is 0 Å². The molecule has 2 heteroatoms. The van der Waals surface area contributed by atoms with Crippen molar-refractivity contribution in [2.75, 3.05) is 6.54 Å². The van der Waals surface area contributed by atoms with Crippen molar-refractivity contribution in [3.8, 4) is 0 Å². The Balaban J connectivity index is 1.71. The molecule has 0 aliphatic heterocycles. The molecule has 0 saturated carbocycles. The zero-order valence-corrected chi connectivity index (χ0v) is 12.3. The van der Waals surface area contributed by atoms with Gasteiger partial charge in [-0.05, 0) is 54.5 Å². The molecule has 0 atom stereocenters. The van der Waals surface area contributed by atoms with Gasteiger partial charge in [-0.2, -0.15) is 0 Å². The van der Waals surface area contributed by atoms with Crippen LogP contribution in [-0.4, -0.2) is 12.3 Å². The highest BCUT2D eigenvalue weighted by Gasteiger charge is 2.13. The highest BCUT2D eigenvalue weighted by molar-refractivity contribution is 5.97. The summed E-state index contributed by atoms with van der Waals surface area (Å²) in [7, 11) is 0. The monoisotopic (exact) mass is 279 g/mol. The summed E-state index contributed by atoms with van der Waals surface area (Å²) in [6.07, 6.45) is 4.94. The SMILES string of the molecule is NCCc1ccc(C(=O)Cc2ccc3c(c2)CCC3)cc1. The fourth-order valence-corrected chi connectivity index (χ4v) is 3.05. The predicted molar refractivity (Wildman–Crippen MR) is 85.7 cm³/mol. The van der Waals surface area contributed by atoms with Crippen molar-refractivity contribution in [1.29, 1.82) is 0 Å². The van der Waals surface area contributed by atoms with Crippen LogP contribution >= 0.6 is 0 Å². The summed E-state index contributed by atoms with van der Waals surface area (Å²) in [6, 6.07) is 14.3. The maximum absolute atomic E-state index is 12.4. The second kappa shape index (κ2) is 6.23. The maximum Gasteiger partial charge on any atom is 0.167 e. The van der Waals surface area contributed by atoms with Crippen molar-refractivity contribution in [2.45, 2.75) is 32.1 Å². The van der Waals surface area contributed by atoms with Gasteiger partial charge in [0.15, 0.2) is 5.78 Å². The van der Waals surface area contributed by atoms with Crippen LogP contribution in [0.1, 0.15) is 39.0 Å². The van der Waals surface area contributed by atoms with Crippen LogP contribution in [0.25, 0.3) is 0 Å². The molecule has 2 aromatic rings. The number of fused-ring (bicyclic) bond motifs is 1. The normalized spacial score (nSPS) is 13.2. The van der Waals surface area contributed by atoms with Gasteiger partial charge in [0.25, 0.3) is 0 Å². The van der Waals surface area contributed by atoms with E-state index in [-0.39, 0.29) is 5.78 Å². The first-order valence-corrected chi connectivity index (χ1v) is 7.69. The van der Waals surface area contributed by atoms with E-state index in [0.717, 1.165) is 24.0 Å². The molecule has 3 rings (SSSR count). The molecular formula is C19H21NO. The van der Waals surface area contributed by atoms with Gasteiger partial charge < -0.3 is 5.73 Å². The van der Waals surface area contributed by atoms with Gasteiger partial charge in [-0.3, -0.25) is 4.79 Å². The van der Waals surface area contributed by atoms with E-state index in [1.165, 1.54) is 29.5 Å². The first-order valence-electron chi connectivity index (χ1n) is 7.69. The number of nitrogens with two attached hydrogens (primary N) is 1. The van der Waals surface area contributed by atoms with Crippen molar-refractivity contribution in [3.05, 3.63) is 70.3 Å². The number of aryl methyl sites for hydroxylation is 2. The Kier molecular flexibility index (Phi) is 4.16. The van der Waals surface area contributed by atoms with Crippen molar-refractivity contribution >= 4 is 5.78 Å². The van der Waals surface area contributed by atoms with E-state index in [9.17, 15) is 4.79 Å². The molecule has 0 saturated heterocycles. The lowest BCUT2D eigenvalue weighted by Gasteiger charge is -2.06. The van der Waals surface area contributed by atoms with Crippen molar-refractivity contribution in [1.82, 2.24) is 0 Å². The molecular weight excluding hydrogens is 258 g/mol. The largest absolute Gasteiger partial charge is 0.330 e. The summed E-state index contributed by atoms with van der Waals surface area (Å²) >= 11 is 0. The topological polar surface area (TPSA) is 43.1 Å². The molecule has 21 heavy (non-hydrogen) atoms. The number of ketones is 1. The molecule has 108 valence electrons. The zero-order valence-electron chi connectivity index (χ0n) is 12.3. The van der Waals surface area contributed by atoms with Crippen LogP contribution in [0.3, 0.4) is 0 Å². The van der Waals surface area contributed by atoms with Crippen LogP contribution < -0.4 is 5.73 Å². The average molecular weight is 279 g/mol. The zero-order chi connectivity index (χ0) is 14.7. The minimum Gasteiger partial charge on any atom is -0.330 e. The first kappa shape index (κ1) is 14.0. The minimum absolute atomic E-state index is 0.187. The number of rotatable bonds is 5. The molecule has 1 aliphatic rings. The molecule has 0 spiro atoms. The Morgan fingerprint density at radius 3 is 2.43 bits per heavy atom. The summed E-state index contributed by atoms with van der Waals surface area (Å²) in [6.45, 7) is 0.641.